The summed E-state index contributed by atoms with van der Waals surface area (Å²) in [5.41, 5.74) is 1.24. The summed E-state index contributed by atoms with van der Waals surface area (Å²) in [6, 6.07) is 10.3. The van der Waals surface area contributed by atoms with Crippen molar-refractivity contribution in [1.82, 2.24) is 0 Å². The van der Waals surface area contributed by atoms with Gasteiger partial charge in [0.15, 0.2) is 0 Å². The molecular formula is C12H17OP. The van der Waals surface area contributed by atoms with Crippen molar-refractivity contribution in [2.75, 3.05) is 6.61 Å². The Kier molecular flexibility index (Phi) is 6.30. The van der Waals surface area contributed by atoms with Crippen LogP contribution < -0.4 is 0 Å². The van der Waals surface area contributed by atoms with E-state index in [-0.39, 0.29) is 0 Å². The monoisotopic (exact) mass is 208 g/mol. The zero-order valence-corrected chi connectivity index (χ0v) is 9.57. The molecule has 2 heteroatoms. The van der Waals surface area contributed by atoms with Crippen LogP contribution in [0, 0.1) is 0 Å². The number of unbranched alkanes of at least 4 members (excludes halogenated alkanes) is 1. The third-order valence-electron chi connectivity index (χ3n) is 1.83. The molecule has 0 saturated carbocycles. The minimum atomic E-state index is 0.487. The van der Waals surface area contributed by atoms with Crippen LogP contribution in [-0.4, -0.2) is 6.61 Å². The van der Waals surface area contributed by atoms with Crippen LogP contribution >= 0.6 is 8.81 Å². The van der Waals surface area contributed by atoms with E-state index in [0.717, 1.165) is 13.0 Å². The molecule has 0 aliphatic rings. The number of hydrogen-bond donors (Lipinski definition) is 0. The van der Waals surface area contributed by atoms with Crippen LogP contribution in [-0.2, 0) is 4.52 Å². The predicted molar refractivity (Wildman–Crippen MR) is 64.7 cm³/mol. The molecule has 0 heterocycles. The van der Waals surface area contributed by atoms with E-state index in [0.29, 0.717) is 8.81 Å². The molecule has 1 atom stereocenters. The fourth-order valence-corrected chi connectivity index (χ4v) is 1.64. The summed E-state index contributed by atoms with van der Waals surface area (Å²) in [7, 11) is 0.487. The molecule has 0 aromatic heterocycles. The van der Waals surface area contributed by atoms with Gasteiger partial charge in [-0.15, -0.1) is 0 Å². The average molecular weight is 208 g/mol. The lowest BCUT2D eigenvalue weighted by Gasteiger charge is -1.97. The van der Waals surface area contributed by atoms with E-state index in [1.807, 2.05) is 18.2 Å². The van der Waals surface area contributed by atoms with Crippen molar-refractivity contribution in [3.05, 3.63) is 41.7 Å². The lowest BCUT2D eigenvalue weighted by atomic mass is 10.2. The molecule has 0 N–H and O–H groups in total. The summed E-state index contributed by atoms with van der Waals surface area (Å²) >= 11 is 0. The van der Waals surface area contributed by atoms with Gasteiger partial charge in [-0.3, -0.25) is 0 Å². The third kappa shape index (κ3) is 5.16. The second-order valence-corrected chi connectivity index (χ2v) is 3.92. The fraction of sp³-hybridized carbons (Fsp3) is 0.333. The molecule has 0 bridgehead atoms. The molecule has 1 aromatic rings. The van der Waals surface area contributed by atoms with Crippen LogP contribution in [0.5, 0.6) is 0 Å². The Bertz CT molecular complexity index is 256. The Hall–Kier alpha value is -0.650. The molecule has 0 aliphatic heterocycles. The highest BCUT2D eigenvalue weighted by Crippen LogP contribution is 2.16. The lowest BCUT2D eigenvalue weighted by Crippen LogP contribution is -1.81. The fourth-order valence-electron chi connectivity index (χ4n) is 1.02. The number of hydrogen-bond acceptors (Lipinski definition) is 1. The van der Waals surface area contributed by atoms with Gasteiger partial charge >= 0.3 is 0 Å². The van der Waals surface area contributed by atoms with Gasteiger partial charge in [0, 0.05) is 8.81 Å². The number of benzene rings is 1. The van der Waals surface area contributed by atoms with Gasteiger partial charge < -0.3 is 4.52 Å². The summed E-state index contributed by atoms with van der Waals surface area (Å²) in [4.78, 5) is 0. The first-order valence-electron chi connectivity index (χ1n) is 5.02. The quantitative estimate of drug-likeness (QED) is 0.506. The molecule has 0 aliphatic carbocycles. The van der Waals surface area contributed by atoms with E-state index < -0.39 is 0 Å². The SMILES string of the molecule is CCCCOPC=Cc1ccccc1. The predicted octanol–water partition coefficient (Wildman–Crippen LogP) is 4.07. The van der Waals surface area contributed by atoms with Gasteiger partial charge in [-0.1, -0.05) is 49.8 Å². The van der Waals surface area contributed by atoms with Gasteiger partial charge in [0.2, 0.25) is 0 Å². The van der Waals surface area contributed by atoms with Crippen molar-refractivity contribution >= 4 is 14.9 Å². The molecule has 76 valence electrons. The highest BCUT2D eigenvalue weighted by molar-refractivity contribution is 7.36. The highest BCUT2D eigenvalue weighted by Gasteiger charge is 1.84. The Morgan fingerprint density at radius 2 is 2.07 bits per heavy atom. The largest absolute Gasteiger partial charge is 0.358 e. The van der Waals surface area contributed by atoms with Crippen LogP contribution in [0.1, 0.15) is 25.3 Å². The van der Waals surface area contributed by atoms with E-state index in [1.165, 1.54) is 12.0 Å². The molecule has 1 rings (SSSR count). The summed E-state index contributed by atoms with van der Waals surface area (Å²) in [6.07, 6.45) is 4.46. The van der Waals surface area contributed by atoms with Gasteiger partial charge in [-0.25, -0.2) is 0 Å². The first-order chi connectivity index (χ1) is 6.93. The minimum absolute atomic E-state index is 0.487. The standard InChI is InChI=1S/C12H17OP/c1-2-3-10-13-14-11-9-12-7-5-4-6-8-12/h4-9,11,14H,2-3,10H2,1H3. The second-order valence-electron chi connectivity index (χ2n) is 3.06. The zero-order valence-electron chi connectivity index (χ0n) is 8.57. The lowest BCUT2D eigenvalue weighted by molar-refractivity contribution is 0.355. The van der Waals surface area contributed by atoms with Crippen LogP contribution in [0.4, 0.5) is 0 Å². The van der Waals surface area contributed by atoms with E-state index in [9.17, 15) is 0 Å². The normalized spacial score (nSPS) is 11.8. The van der Waals surface area contributed by atoms with Crippen molar-refractivity contribution in [1.29, 1.82) is 0 Å². The Labute approximate surface area is 88.0 Å². The summed E-state index contributed by atoms with van der Waals surface area (Å²) < 4.78 is 5.44. The van der Waals surface area contributed by atoms with Gasteiger partial charge in [0.25, 0.3) is 0 Å². The Morgan fingerprint density at radius 1 is 1.29 bits per heavy atom. The first kappa shape index (κ1) is 11.4. The van der Waals surface area contributed by atoms with Crippen molar-refractivity contribution in [3.63, 3.8) is 0 Å². The van der Waals surface area contributed by atoms with Crippen molar-refractivity contribution in [2.24, 2.45) is 0 Å². The molecule has 0 radical (unpaired) electrons. The van der Waals surface area contributed by atoms with E-state index >= 15 is 0 Å². The summed E-state index contributed by atoms with van der Waals surface area (Å²) in [5, 5.41) is 0. The minimum Gasteiger partial charge on any atom is -0.358 e. The maximum absolute atomic E-state index is 5.44. The van der Waals surface area contributed by atoms with Crippen LogP contribution in [0.2, 0.25) is 0 Å². The van der Waals surface area contributed by atoms with Gasteiger partial charge in [-0.2, -0.15) is 0 Å². The molecule has 0 spiro atoms. The van der Waals surface area contributed by atoms with Gasteiger partial charge in [0.1, 0.15) is 0 Å². The smallest absolute Gasteiger partial charge is 0.0509 e. The maximum Gasteiger partial charge on any atom is 0.0509 e. The molecule has 0 amide bonds. The van der Waals surface area contributed by atoms with Crippen molar-refractivity contribution in [2.45, 2.75) is 19.8 Å². The van der Waals surface area contributed by atoms with Crippen molar-refractivity contribution in [3.8, 4) is 0 Å². The van der Waals surface area contributed by atoms with Crippen LogP contribution in [0.25, 0.3) is 6.08 Å². The summed E-state index contributed by atoms with van der Waals surface area (Å²) in [5.74, 6) is 2.09. The molecule has 1 unspecified atom stereocenters. The Balaban J connectivity index is 2.15. The molecule has 1 nitrogen and oxygen atoms in total. The van der Waals surface area contributed by atoms with Crippen LogP contribution in [0.15, 0.2) is 36.1 Å². The van der Waals surface area contributed by atoms with Crippen molar-refractivity contribution < 1.29 is 4.52 Å². The maximum atomic E-state index is 5.44. The molecular weight excluding hydrogens is 191 g/mol. The highest BCUT2D eigenvalue weighted by atomic mass is 31.1. The zero-order chi connectivity index (χ0) is 10.1. The van der Waals surface area contributed by atoms with Crippen LogP contribution in [0.3, 0.4) is 0 Å². The topological polar surface area (TPSA) is 9.23 Å². The molecule has 14 heavy (non-hydrogen) atoms. The van der Waals surface area contributed by atoms with E-state index in [4.69, 9.17) is 4.52 Å². The van der Waals surface area contributed by atoms with E-state index in [1.54, 1.807) is 0 Å². The number of rotatable bonds is 6. The van der Waals surface area contributed by atoms with Gasteiger partial charge in [-0.05, 0) is 17.8 Å². The first-order valence-corrected chi connectivity index (χ1v) is 6.01. The Morgan fingerprint density at radius 3 is 2.79 bits per heavy atom. The van der Waals surface area contributed by atoms with E-state index in [2.05, 4.69) is 30.9 Å². The second kappa shape index (κ2) is 7.73. The average Bonchev–Trinajstić information content (AvgIpc) is 2.25. The molecule has 0 saturated heterocycles. The summed E-state index contributed by atoms with van der Waals surface area (Å²) in [6.45, 7) is 3.06. The van der Waals surface area contributed by atoms with Gasteiger partial charge in [0.05, 0.1) is 6.61 Å². The molecule has 0 fully saturated rings. The molecule has 1 aromatic carbocycles. The third-order valence-corrected chi connectivity index (χ3v) is 2.50.